The first-order valence-electron chi connectivity index (χ1n) is 5.24. The van der Waals surface area contributed by atoms with Gasteiger partial charge < -0.3 is 4.74 Å². The van der Waals surface area contributed by atoms with Gasteiger partial charge in [-0.1, -0.05) is 23.2 Å². The van der Waals surface area contributed by atoms with Crippen LogP contribution in [0.1, 0.15) is 11.1 Å². The molecule has 0 radical (unpaired) electrons. The van der Waals surface area contributed by atoms with Crippen LogP contribution in [0.4, 0.5) is 0 Å². The van der Waals surface area contributed by atoms with Crippen molar-refractivity contribution >= 4 is 23.2 Å². The molecule has 0 fully saturated rings. The zero-order valence-electron chi connectivity index (χ0n) is 9.58. The normalized spacial score (nSPS) is 9.89. The molecule has 0 aromatic heterocycles. The lowest BCUT2D eigenvalue weighted by molar-refractivity contribution is 0.477. The summed E-state index contributed by atoms with van der Waals surface area (Å²) in [6, 6.07) is 12.3. The summed E-state index contributed by atoms with van der Waals surface area (Å²) in [5, 5.41) is 10.2. The lowest BCUT2D eigenvalue weighted by Crippen LogP contribution is -1.90. The summed E-state index contributed by atoms with van der Waals surface area (Å²) in [6.07, 6.45) is 0. The number of nitriles is 1. The quantitative estimate of drug-likeness (QED) is 0.777. The van der Waals surface area contributed by atoms with Gasteiger partial charge >= 0.3 is 0 Å². The molecule has 0 bridgehead atoms. The van der Waals surface area contributed by atoms with Crippen molar-refractivity contribution < 1.29 is 4.74 Å². The Balaban J connectivity index is 2.40. The fourth-order valence-corrected chi connectivity index (χ4v) is 1.91. The second kappa shape index (κ2) is 5.30. The first-order valence-corrected chi connectivity index (χ1v) is 5.99. The van der Waals surface area contributed by atoms with Crippen molar-refractivity contribution in [1.82, 2.24) is 0 Å². The summed E-state index contributed by atoms with van der Waals surface area (Å²) >= 11 is 11.8. The molecular formula is C14H9Cl2NO. The molecule has 90 valence electrons. The number of nitrogens with zero attached hydrogens (tertiary/aromatic N) is 1. The molecule has 18 heavy (non-hydrogen) atoms. The summed E-state index contributed by atoms with van der Waals surface area (Å²) in [4.78, 5) is 0. The zero-order valence-corrected chi connectivity index (χ0v) is 11.1. The summed E-state index contributed by atoms with van der Waals surface area (Å²) in [5.74, 6) is 1.09. The Morgan fingerprint density at radius 2 is 1.67 bits per heavy atom. The van der Waals surface area contributed by atoms with Crippen LogP contribution in [0, 0.1) is 18.3 Å². The van der Waals surface area contributed by atoms with Crippen molar-refractivity contribution in [3.8, 4) is 17.6 Å². The van der Waals surface area contributed by atoms with E-state index in [1.54, 1.807) is 36.4 Å². The third-order valence-electron chi connectivity index (χ3n) is 2.42. The molecule has 2 aromatic rings. The van der Waals surface area contributed by atoms with Gasteiger partial charge in [-0.15, -0.1) is 0 Å². The van der Waals surface area contributed by atoms with Gasteiger partial charge in [0.1, 0.15) is 17.6 Å². The van der Waals surface area contributed by atoms with Crippen LogP contribution < -0.4 is 4.74 Å². The second-order valence-corrected chi connectivity index (χ2v) is 4.64. The van der Waals surface area contributed by atoms with E-state index >= 15 is 0 Å². The Bertz CT molecular complexity index is 632. The number of halogens is 2. The van der Waals surface area contributed by atoms with Gasteiger partial charge in [0.2, 0.25) is 0 Å². The highest BCUT2D eigenvalue weighted by Crippen LogP contribution is 2.31. The molecule has 0 aliphatic carbocycles. The molecular weight excluding hydrogens is 269 g/mol. The van der Waals surface area contributed by atoms with Gasteiger partial charge in [0.25, 0.3) is 0 Å². The lowest BCUT2D eigenvalue weighted by atomic mass is 10.2. The molecule has 0 aliphatic rings. The van der Waals surface area contributed by atoms with Gasteiger partial charge in [-0.2, -0.15) is 5.26 Å². The van der Waals surface area contributed by atoms with Crippen molar-refractivity contribution in [2.75, 3.05) is 0 Å². The molecule has 0 atom stereocenters. The SMILES string of the molecule is Cc1cc(Cl)ccc1Oc1cc(Cl)ccc1C#N. The average molecular weight is 278 g/mol. The van der Waals surface area contributed by atoms with Gasteiger partial charge in [-0.05, 0) is 42.8 Å². The number of aryl methyl sites for hydroxylation is 1. The number of hydrogen-bond donors (Lipinski definition) is 0. The Kier molecular flexibility index (Phi) is 3.76. The van der Waals surface area contributed by atoms with E-state index in [0.29, 0.717) is 27.1 Å². The number of hydrogen-bond acceptors (Lipinski definition) is 2. The van der Waals surface area contributed by atoms with Gasteiger partial charge in [-0.25, -0.2) is 0 Å². The summed E-state index contributed by atoms with van der Waals surface area (Å²) < 4.78 is 5.70. The topological polar surface area (TPSA) is 33.0 Å². The molecule has 2 rings (SSSR count). The maximum absolute atomic E-state index is 9.01. The maximum Gasteiger partial charge on any atom is 0.146 e. The lowest BCUT2D eigenvalue weighted by Gasteiger charge is -2.10. The highest BCUT2D eigenvalue weighted by Gasteiger charge is 2.07. The smallest absolute Gasteiger partial charge is 0.146 e. The van der Waals surface area contributed by atoms with Crippen molar-refractivity contribution in [2.24, 2.45) is 0 Å². The number of benzene rings is 2. The fraction of sp³-hybridized carbons (Fsp3) is 0.0714. The van der Waals surface area contributed by atoms with E-state index in [9.17, 15) is 0 Å². The van der Waals surface area contributed by atoms with Gasteiger partial charge in [0, 0.05) is 16.1 Å². The molecule has 0 amide bonds. The summed E-state index contributed by atoms with van der Waals surface area (Å²) in [5.41, 5.74) is 1.33. The van der Waals surface area contributed by atoms with Crippen molar-refractivity contribution in [3.05, 3.63) is 57.6 Å². The highest BCUT2D eigenvalue weighted by atomic mass is 35.5. The molecule has 0 saturated heterocycles. The largest absolute Gasteiger partial charge is 0.456 e. The van der Waals surface area contributed by atoms with Crippen LogP contribution in [0.3, 0.4) is 0 Å². The van der Waals surface area contributed by atoms with E-state index in [4.69, 9.17) is 33.2 Å². The molecule has 0 saturated carbocycles. The Labute approximate surface area is 115 Å². The summed E-state index contributed by atoms with van der Waals surface area (Å²) in [6.45, 7) is 1.89. The van der Waals surface area contributed by atoms with E-state index in [2.05, 4.69) is 6.07 Å². The average Bonchev–Trinajstić information content (AvgIpc) is 2.33. The van der Waals surface area contributed by atoms with Gasteiger partial charge in [-0.3, -0.25) is 0 Å². The Morgan fingerprint density at radius 1 is 1.00 bits per heavy atom. The van der Waals surface area contributed by atoms with Crippen LogP contribution in [0.5, 0.6) is 11.5 Å². The molecule has 0 N–H and O–H groups in total. The molecule has 2 aromatic carbocycles. The van der Waals surface area contributed by atoms with Crippen LogP contribution in [0.25, 0.3) is 0 Å². The van der Waals surface area contributed by atoms with Crippen molar-refractivity contribution in [3.63, 3.8) is 0 Å². The minimum atomic E-state index is 0.439. The van der Waals surface area contributed by atoms with Gasteiger partial charge in [0.15, 0.2) is 0 Å². The highest BCUT2D eigenvalue weighted by molar-refractivity contribution is 6.31. The van der Waals surface area contributed by atoms with Crippen LogP contribution in [0.15, 0.2) is 36.4 Å². The summed E-state index contributed by atoms with van der Waals surface area (Å²) in [7, 11) is 0. The Morgan fingerprint density at radius 3 is 2.33 bits per heavy atom. The number of rotatable bonds is 2. The molecule has 0 spiro atoms. The van der Waals surface area contributed by atoms with E-state index in [1.165, 1.54) is 0 Å². The molecule has 2 nitrogen and oxygen atoms in total. The minimum Gasteiger partial charge on any atom is -0.456 e. The van der Waals surface area contributed by atoms with Crippen LogP contribution in [-0.4, -0.2) is 0 Å². The third-order valence-corrected chi connectivity index (χ3v) is 2.89. The van der Waals surface area contributed by atoms with E-state index in [1.807, 2.05) is 6.92 Å². The first-order chi connectivity index (χ1) is 8.60. The Hall–Kier alpha value is -1.69. The molecule has 0 aliphatic heterocycles. The fourth-order valence-electron chi connectivity index (χ4n) is 1.52. The van der Waals surface area contributed by atoms with Crippen LogP contribution >= 0.6 is 23.2 Å². The molecule has 0 heterocycles. The predicted octanol–water partition coefficient (Wildman–Crippen LogP) is 4.97. The van der Waals surface area contributed by atoms with Crippen molar-refractivity contribution in [2.45, 2.75) is 6.92 Å². The minimum absolute atomic E-state index is 0.439. The monoisotopic (exact) mass is 277 g/mol. The van der Waals surface area contributed by atoms with Crippen molar-refractivity contribution in [1.29, 1.82) is 5.26 Å². The zero-order chi connectivity index (χ0) is 13.1. The predicted molar refractivity (Wildman–Crippen MR) is 72.4 cm³/mol. The van der Waals surface area contributed by atoms with Crippen LogP contribution in [0.2, 0.25) is 10.0 Å². The van der Waals surface area contributed by atoms with E-state index < -0.39 is 0 Å². The van der Waals surface area contributed by atoms with Gasteiger partial charge in [0.05, 0.1) is 5.56 Å². The third kappa shape index (κ3) is 2.76. The van der Waals surface area contributed by atoms with E-state index in [0.717, 1.165) is 5.56 Å². The molecule has 0 unspecified atom stereocenters. The molecule has 4 heteroatoms. The second-order valence-electron chi connectivity index (χ2n) is 3.76. The maximum atomic E-state index is 9.01. The standard InChI is InChI=1S/C14H9Cl2NO/c1-9-6-11(15)4-5-13(9)18-14-7-12(16)3-2-10(14)8-17/h2-7H,1H3. The number of ether oxygens (including phenoxy) is 1. The van der Waals surface area contributed by atoms with E-state index in [-0.39, 0.29) is 0 Å². The first kappa shape index (κ1) is 12.8. The van der Waals surface area contributed by atoms with Crippen LogP contribution in [-0.2, 0) is 0 Å².